The highest BCUT2D eigenvalue weighted by Gasteiger charge is 2.38. The summed E-state index contributed by atoms with van der Waals surface area (Å²) in [4.78, 5) is 0. The summed E-state index contributed by atoms with van der Waals surface area (Å²) in [5, 5.41) is 24.0. The molecular weight excluding hydrogens is 380 g/mol. The fraction of sp³-hybridized carbons (Fsp3) is 0.727. The topological polar surface area (TPSA) is 71.0 Å². The van der Waals surface area contributed by atoms with Gasteiger partial charge in [0.25, 0.3) is 0 Å². The van der Waals surface area contributed by atoms with Crippen LogP contribution >= 0.6 is 0 Å². The summed E-state index contributed by atoms with van der Waals surface area (Å²) in [6.45, 7) is 0.611. The molecule has 0 amide bonds. The first-order chi connectivity index (χ1) is 14.0. The van der Waals surface area contributed by atoms with Crippen LogP contribution in [0.3, 0.4) is 0 Å². The van der Waals surface area contributed by atoms with Gasteiger partial charge in [-0.3, -0.25) is 0 Å². The van der Waals surface area contributed by atoms with E-state index in [1.54, 1.807) is 6.07 Å². The minimum Gasteiger partial charge on any atom is -0.487 e. The Kier molecular flexibility index (Phi) is 6.69. The zero-order chi connectivity index (χ0) is 20.4. The minimum atomic E-state index is -0.725. The fourth-order valence-corrected chi connectivity index (χ4v) is 4.91. The van der Waals surface area contributed by atoms with Crippen LogP contribution in [0.25, 0.3) is 0 Å². The second kappa shape index (κ2) is 9.25. The fourth-order valence-electron chi connectivity index (χ4n) is 4.91. The molecule has 0 bridgehead atoms. The van der Waals surface area contributed by atoms with Crippen molar-refractivity contribution in [2.45, 2.75) is 81.6 Å². The number of hydrogen-bond donors (Lipinski definition) is 3. The van der Waals surface area contributed by atoms with Crippen LogP contribution in [0.5, 0.6) is 5.75 Å². The first-order valence-corrected chi connectivity index (χ1v) is 10.8. The van der Waals surface area contributed by atoms with Gasteiger partial charge in [0.05, 0.1) is 18.3 Å². The predicted molar refractivity (Wildman–Crippen MR) is 104 cm³/mol. The Bertz CT molecular complexity index is 691. The van der Waals surface area contributed by atoms with Gasteiger partial charge in [0.2, 0.25) is 0 Å². The maximum absolute atomic E-state index is 13.5. The summed E-state index contributed by atoms with van der Waals surface area (Å²) in [7, 11) is 0. The molecule has 0 radical (unpaired) electrons. The van der Waals surface area contributed by atoms with E-state index < -0.39 is 18.4 Å². The van der Waals surface area contributed by atoms with Crippen molar-refractivity contribution in [2.75, 3.05) is 13.1 Å². The number of aliphatic hydroxyl groups excluding tert-OH is 2. The smallest absolute Gasteiger partial charge is 0.126 e. The molecule has 4 rings (SSSR count). The summed E-state index contributed by atoms with van der Waals surface area (Å²) < 4.78 is 38.7. The van der Waals surface area contributed by atoms with Crippen LogP contribution in [0.15, 0.2) is 18.2 Å². The van der Waals surface area contributed by atoms with Crippen molar-refractivity contribution in [1.82, 2.24) is 5.32 Å². The van der Waals surface area contributed by atoms with Crippen molar-refractivity contribution in [1.29, 1.82) is 0 Å². The van der Waals surface area contributed by atoms with E-state index in [4.69, 9.17) is 9.47 Å². The molecule has 7 unspecified atom stereocenters. The number of ether oxygens (including phenoxy) is 2. The molecule has 1 saturated carbocycles. The van der Waals surface area contributed by atoms with Crippen molar-refractivity contribution in [3.8, 4) is 5.75 Å². The molecule has 7 atom stereocenters. The van der Waals surface area contributed by atoms with E-state index in [9.17, 15) is 19.0 Å². The monoisotopic (exact) mass is 411 g/mol. The van der Waals surface area contributed by atoms with E-state index in [0.29, 0.717) is 44.5 Å². The Hall–Kier alpha value is -1.28. The van der Waals surface area contributed by atoms with Crippen molar-refractivity contribution >= 4 is 0 Å². The standard InChI is InChI=1S/C22H31F2NO4/c23-15-3-7-19-13(9-15)1-5-21(28-19)17(26)11-25-12-18(27)22-6-2-14-10-16(24)4-8-20(14)29-22/h3,7,9,14,16-18,20-22,25-27H,1-2,4-6,8,10-12H2. The number of benzene rings is 1. The molecule has 3 aliphatic rings. The van der Waals surface area contributed by atoms with Crippen molar-refractivity contribution < 1.29 is 28.5 Å². The van der Waals surface area contributed by atoms with Crippen LogP contribution in [-0.2, 0) is 11.2 Å². The maximum Gasteiger partial charge on any atom is 0.126 e. The van der Waals surface area contributed by atoms with Crippen LogP contribution in [0.1, 0.15) is 44.1 Å². The van der Waals surface area contributed by atoms with Gasteiger partial charge in [0.15, 0.2) is 0 Å². The molecule has 3 N–H and O–H groups in total. The zero-order valence-electron chi connectivity index (χ0n) is 16.6. The Morgan fingerprint density at radius 1 is 1.03 bits per heavy atom. The van der Waals surface area contributed by atoms with E-state index in [1.165, 1.54) is 12.1 Å². The van der Waals surface area contributed by atoms with Gasteiger partial charge in [0, 0.05) is 13.1 Å². The Balaban J connectivity index is 1.19. The Morgan fingerprint density at radius 2 is 1.83 bits per heavy atom. The molecule has 2 aliphatic heterocycles. The van der Waals surface area contributed by atoms with Crippen LogP contribution in [-0.4, -0.2) is 60.0 Å². The lowest BCUT2D eigenvalue weighted by atomic mass is 9.79. The average molecular weight is 411 g/mol. The van der Waals surface area contributed by atoms with E-state index in [0.717, 1.165) is 24.8 Å². The van der Waals surface area contributed by atoms with Gasteiger partial charge >= 0.3 is 0 Å². The van der Waals surface area contributed by atoms with Gasteiger partial charge in [0.1, 0.15) is 29.9 Å². The molecule has 5 nitrogen and oxygen atoms in total. The predicted octanol–water partition coefficient (Wildman–Crippen LogP) is 2.52. The zero-order valence-corrected chi connectivity index (χ0v) is 16.6. The largest absolute Gasteiger partial charge is 0.487 e. The molecule has 1 aromatic carbocycles. The van der Waals surface area contributed by atoms with Crippen molar-refractivity contribution in [3.63, 3.8) is 0 Å². The summed E-state index contributed by atoms with van der Waals surface area (Å²) >= 11 is 0. The second-order valence-electron chi connectivity index (χ2n) is 8.70. The number of fused-ring (bicyclic) bond motifs is 2. The first-order valence-electron chi connectivity index (χ1n) is 10.8. The first kappa shape index (κ1) is 21.0. The van der Waals surface area contributed by atoms with Crippen LogP contribution < -0.4 is 10.1 Å². The van der Waals surface area contributed by atoms with Crippen LogP contribution in [0.2, 0.25) is 0 Å². The molecule has 1 aliphatic carbocycles. The molecule has 0 aromatic heterocycles. The molecule has 0 spiro atoms. The van der Waals surface area contributed by atoms with Gasteiger partial charge in [-0.25, -0.2) is 8.78 Å². The third-order valence-electron chi connectivity index (χ3n) is 6.58. The average Bonchev–Trinajstić information content (AvgIpc) is 2.72. The number of alkyl halides is 1. The summed E-state index contributed by atoms with van der Waals surface area (Å²) in [6, 6.07) is 4.43. The van der Waals surface area contributed by atoms with E-state index in [-0.39, 0.29) is 30.0 Å². The highest BCUT2D eigenvalue weighted by Crippen LogP contribution is 2.37. The van der Waals surface area contributed by atoms with Crippen LogP contribution in [0, 0.1) is 11.7 Å². The normalized spacial score (nSPS) is 33.9. The van der Waals surface area contributed by atoms with Gasteiger partial charge in [-0.15, -0.1) is 0 Å². The van der Waals surface area contributed by atoms with Crippen molar-refractivity contribution in [2.24, 2.45) is 5.92 Å². The maximum atomic E-state index is 13.5. The lowest BCUT2D eigenvalue weighted by molar-refractivity contribution is -0.145. The van der Waals surface area contributed by atoms with Gasteiger partial charge in [-0.1, -0.05) is 0 Å². The molecule has 7 heteroatoms. The second-order valence-corrected chi connectivity index (χ2v) is 8.70. The number of hydrogen-bond acceptors (Lipinski definition) is 5. The highest BCUT2D eigenvalue weighted by atomic mass is 19.1. The molecule has 29 heavy (non-hydrogen) atoms. The van der Waals surface area contributed by atoms with Crippen LogP contribution in [0.4, 0.5) is 8.78 Å². The number of rotatable bonds is 6. The summed E-state index contributed by atoms with van der Waals surface area (Å²) in [5.41, 5.74) is 0.825. The number of nitrogens with one attached hydrogen (secondary N) is 1. The minimum absolute atomic E-state index is 0.0570. The third kappa shape index (κ3) is 5.08. The van der Waals surface area contributed by atoms with E-state index in [1.807, 2.05) is 0 Å². The molecule has 2 heterocycles. The summed E-state index contributed by atoms with van der Waals surface area (Å²) in [5.74, 6) is 0.614. The lowest BCUT2D eigenvalue weighted by Crippen LogP contribution is -2.48. The Morgan fingerprint density at radius 3 is 2.66 bits per heavy atom. The number of aliphatic hydroxyl groups is 2. The van der Waals surface area contributed by atoms with Gasteiger partial charge in [-0.2, -0.15) is 0 Å². The quantitative estimate of drug-likeness (QED) is 0.671. The van der Waals surface area contributed by atoms with E-state index in [2.05, 4.69) is 5.32 Å². The molecule has 2 fully saturated rings. The van der Waals surface area contributed by atoms with E-state index >= 15 is 0 Å². The summed E-state index contributed by atoms with van der Waals surface area (Å²) in [6.07, 6.45) is 2.11. The van der Waals surface area contributed by atoms with Gasteiger partial charge < -0.3 is 25.0 Å². The SMILES string of the molecule is OC(CNCC(O)C1CCC2CC(F)CCC2O1)C1CCc2cc(F)ccc2O1. The molecule has 1 saturated heterocycles. The highest BCUT2D eigenvalue weighted by molar-refractivity contribution is 5.36. The van der Waals surface area contributed by atoms with Crippen molar-refractivity contribution in [3.05, 3.63) is 29.6 Å². The lowest BCUT2D eigenvalue weighted by Gasteiger charge is -2.41. The molecular formula is C22H31F2NO4. The van der Waals surface area contributed by atoms with Gasteiger partial charge in [-0.05, 0) is 74.6 Å². The molecule has 162 valence electrons. The Labute approximate surface area is 170 Å². The number of aryl methyl sites for hydroxylation is 1. The number of halogens is 2. The third-order valence-corrected chi connectivity index (χ3v) is 6.58. The molecule has 1 aromatic rings.